The molecule has 1 aliphatic heterocycles. The summed E-state index contributed by atoms with van der Waals surface area (Å²) in [6, 6.07) is 16.2. The lowest BCUT2D eigenvalue weighted by molar-refractivity contribution is -0.131. The van der Waals surface area contributed by atoms with Gasteiger partial charge >= 0.3 is 0 Å². The highest BCUT2D eigenvalue weighted by Gasteiger charge is 2.28. The molecule has 2 N–H and O–H groups in total. The summed E-state index contributed by atoms with van der Waals surface area (Å²) in [5.74, 6) is 0.322. The Morgan fingerprint density at radius 3 is 2.50 bits per heavy atom. The van der Waals surface area contributed by atoms with Gasteiger partial charge in [-0.2, -0.15) is 0 Å². The van der Waals surface area contributed by atoms with Crippen LogP contribution in [0.5, 0.6) is 11.5 Å². The molecule has 0 spiro atoms. The van der Waals surface area contributed by atoms with Crippen LogP contribution in [0.3, 0.4) is 0 Å². The number of nitrogens with zero attached hydrogens (tertiary/aromatic N) is 1. The van der Waals surface area contributed by atoms with Crippen LogP contribution in [0.4, 0.5) is 0 Å². The van der Waals surface area contributed by atoms with Crippen LogP contribution in [0.1, 0.15) is 16.1 Å². The molecule has 3 aromatic rings. The molecule has 142 valence electrons. The fourth-order valence-corrected chi connectivity index (χ4v) is 2.84. The number of nitrogens with one attached hydrogen (secondary N) is 2. The number of hydrazine groups is 1. The first kappa shape index (κ1) is 17.6. The van der Waals surface area contributed by atoms with Gasteiger partial charge in [-0.15, -0.1) is 0 Å². The van der Waals surface area contributed by atoms with E-state index < -0.39 is 17.9 Å². The number of hydrogen-bond acceptors (Lipinski definition) is 6. The van der Waals surface area contributed by atoms with Crippen molar-refractivity contribution in [2.75, 3.05) is 6.61 Å². The maximum Gasteiger partial charge on any atom is 0.283 e. The lowest BCUT2D eigenvalue weighted by atomic mass is 10.1. The molecule has 0 bridgehead atoms. The minimum atomic E-state index is -0.882. The Morgan fingerprint density at radius 2 is 1.71 bits per heavy atom. The molecule has 0 saturated heterocycles. The molecule has 2 aromatic carbocycles. The smallest absolute Gasteiger partial charge is 0.283 e. The third-order valence-corrected chi connectivity index (χ3v) is 4.24. The summed E-state index contributed by atoms with van der Waals surface area (Å²) in [6.45, 7) is 1.67. The second kappa shape index (κ2) is 7.43. The minimum Gasteiger partial charge on any atom is -0.485 e. The van der Waals surface area contributed by atoms with Crippen molar-refractivity contribution in [3.8, 4) is 22.8 Å². The van der Waals surface area contributed by atoms with Crippen LogP contribution in [0.15, 0.2) is 59.1 Å². The Morgan fingerprint density at radius 1 is 1.00 bits per heavy atom. The number of rotatable bonds is 3. The van der Waals surface area contributed by atoms with E-state index in [1.807, 2.05) is 36.4 Å². The molecule has 8 nitrogen and oxygen atoms in total. The van der Waals surface area contributed by atoms with E-state index in [1.54, 1.807) is 25.1 Å². The van der Waals surface area contributed by atoms with Crippen LogP contribution in [0.2, 0.25) is 0 Å². The van der Waals surface area contributed by atoms with Crippen LogP contribution in [0, 0.1) is 6.92 Å². The Bertz CT molecular complexity index is 1020. The molecule has 2 amide bonds. The van der Waals surface area contributed by atoms with Crippen molar-refractivity contribution in [3.63, 3.8) is 0 Å². The van der Waals surface area contributed by atoms with Gasteiger partial charge in [0.2, 0.25) is 6.10 Å². The quantitative estimate of drug-likeness (QED) is 0.677. The van der Waals surface area contributed by atoms with Crippen molar-refractivity contribution < 1.29 is 23.6 Å². The van der Waals surface area contributed by atoms with Gasteiger partial charge in [-0.25, -0.2) is 0 Å². The molecular formula is C20H17N3O5. The predicted octanol–water partition coefficient (Wildman–Crippen LogP) is 2.25. The van der Waals surface area contributed by atoms with Gasteiger partial charge in [0.15, 0.2) is 11.5 Å². The summed E-state index contributed by atoms with van der Waals surface area (Å²) in [6.07, 6.45) is -0.882. The van der Waals surface area contributed by atoms with Gasteiger partial charge in [0.25, 0.3) is 11.8 Å². The zero-order valence-corrected chi connectivity index (χ0v) is 15.0. The first-order valence-electron chi connectivity index (χ1n) is 8.64. The number of aromatic nitrogens is 1. The summed E-state index contributed by atoms with van der Waals surface area (Å²) in [5, 5.41) is 3.96. The number of fused-ring (bicyclic) bond motifs is 1. The highest BCUT2D eigenvalue weighted by Crippen LogP contribution is 2.30. The molecule has 4 rings (SSSR count). The Hall–Kier alpha value is -3.81. The summed E-state index contributed by atoms with van der Waals surface area (Å²) < 4.78 is 16.3. The summed E-state index contributed by atoms with van der Waals surface area (Å²) in [5.41, 5.74) is 6.13. The van der Waals surface area contributed by atoms with Crippen LogP contribution >= 0.6 is 0 Å². The van der Waals surface area contributed by atoms with E-state index in [0.717, 1.165) is 5.56 Å². The van der Waals surface area contributed by atoms with E-state index in [-0.39, 0.29) is 12.2 Å². The van der Waals surface area contributed by atoms with E-state index in [1.165, 1.54) is 0 Å². The average Bonchev–Trinajstić information content (AvgIpc) is 3.13. The number of carbonyl (C=O) groups is 2. The monoisotopic (exact) mass is 379 g/mol. The average molecular weight is 379 g/mol. The Kier molecular flexibility index (Phi) is 4.67. The number of ether oxygens (including phenoxy) is 2. The highest BCUT2D eigenvalue weighted by atomic mass is 16.6. The van der Waals surface area contributed by atoms with Crippen molar-refractivity contribution in [2.24, 2.45) is 0 Å². The second-order valence-corrected chi connectivity index (χ2v) is 6.14. The van der Waals surface area contributed by atoms with Gasteiger partial charge in [-0.3, -0.25) is 20.4 Å². The van der Waals surface area contributed by atoms with E-state index >= 15 is 0 Å². The maximum absolute atomic E-state index is 12.6. The van der Waals surface area contributed by atoms with Crippen molar-refractivity contribution in [3.05, 3.63) is 65.9 Å². The van der Waals surface area contributed by atoms with Crippen molar-refractivity contribution in [1.29, 1.82) is 0 Å². The number of amides is 2. The number of benzene rings is 2. The second-order valence-electron chi connectivity index (χ2n) is 6.14. The molecule has 8 heteroatoms. The molecule has 1 atom stereocenters. The molecule has 1 aliphatic rings. The summed E-state index contributed by atoms with van der Waals surface area (Å²) in [7, 11) is 0. The Balaban J connectivity index is 1.43. The zero-order valence-electron chi connectivity index (χ0n) is 15.0. The molecule has 0 fully saturated rings. The topological polar surface area (TPSA) is 103 Å². The van der Waals surface area contributed by atoms with Crippen molar-refractivity contribution in [2.45, 2.75) is 13.0 Å². The first-order chi connectivity index (χ1) is 13.6. The number of aryl methyl sites for hydroxylation is 1. The lowest BCUT2D eigenvalue weighted by Crippen LogP contribution is -2.51. The van der Waals surface area contributed by atoms with E-state index in [4.69, 9.17) is 14.0 Å². The summed E-state index contributed by atoms with van der Waals surface area (Å²) in [4.78, 5) is 25.0. The largest absolute Gasteiger partial charge is 0.485 e. The molecule has 0 aliphatic carbocycles. The normalized spacial score (nSPS) is 15.0. The molecule has 0 saturated carbocycles. The van der Waals surface area contributed by atoms with Crippen molar-refractivity contribution >= 4 is 11.8 Å². The maximum atomic E-state index is 12.6. The fourth-order valence-electron chi connectivity index (χ4n) is 2.84. The van der Waals surface area contributed by atoms with Gasteiger partial charge < -0.3 is 14.0 Å². The first-order valence-corrected chi connectivity index (χ1v) is 8.64. The van der Waals surface area contributed by atoms with Crippen LogP contribution < -0.4 is 20.3 Å². The van der Waals surface area contributed by atoms with Crippen LogP contribution in [0.25, 0.3) is 11.3 Å². The van der Waals surface area contributed by atoms with Gasteiger partial charge in [0.1, 0.15) is 23.6 Å². The summed E-state index contributed by atoms with van der Waals surface area (Å²) >= 11 is 0. The van der Waals surface area contributed by atoms with Crippen molar-refractivity contribution in [1.82, 2.24) is 16.0 Å². The third kappa shape index (κ3) is 3.39. The van der Waals surface area contributed by atoms with Gasteiger partial charge in [0.05, 0.1) is 0 Å². The van der Waals surface area contributed by atoms with E-state index in [2.05, 4.69) is 16.0 Å². The SMILES string of the molecule is Cc1onc(-c2ccccc2)c1C(=O)NNC(=O)[C@@H]1COc2ccccc2O1. The molecular weight excluding hydrogens is 362 g/mol. The van der Waals surface area contributed by atoms with Gasteiger partial charge in [-0.05, 0) is 19.1 Å². The fraction of sp³-hybridized carbons (Fsp3) is 0.150. The van der Waals surface area contributed by atoms with Gasteiger partial charge in [-0.1, -0.05) is 47.6 Å². The van der Waals surface area contributed by atoms with Crippen LogP contribution in [-0.2, 0) is 4.79 Å². The molecule has 0 radical (unpaired) electrons. The minimum absolute atomic E-state index is 0.0419. The van der Waals surface area contributed by atoms with Gasteiger partial charge in [0, 0.05) is 5.56 Å². The zero-order chi connectivity index (χ0) is 19.5. The van der Waals surface area contributed by atoms with E-state index in [0.29, 0.717) is 23.0 Å². The van der Waals surface area contributed by atoms with E-state index in [9.17, 15) is 9.59 Å². The number of para-hydroxylation sites is 2. The molecule has 28 heavy (non-hydrogen) atoms. The molecule has 1 aromatic heterocycles. The number of hydrogen-bond donors (Lipinski definition) is 2. The standard InChI is InChI=1S/C20H17N3O5/c1-12-17(18(23-28-12)13-7-3-2-4-8-13)20(25)22-21-19(24)16-11-26-14-9-5-6-10-15(14)27-16/h2-10,16H,11H2,1H3,(H,21,24)(H,22,25)/t16-/m0/s1. The van der Waals surface area contributed by atoms with Crippen LogP contribution in [-0.4, -0.2) is 29.7 Å². The molecule has 2 heterocycles. The predicted molar refractivity (Wildman–Crippen MR) is 98.6 cm³/mol. The number of carbonyl (C=O) groups excluding carboxylic acids is 2. The molecule has 0 unspecified atom stereocenters. The lowest BCUT2D eigenvalue weighted by Gasteiger charge is -2.25. The third-order valence-electron chi connectivity index (χ3n) is 4.24. The Labute approximate surface area is 160 Å². The highest BCUT2D eigenvalue weighted by molar-refractivity contribution is 6.01.